The molecule has 196 valence electrons. The van der Waals surface area contributed by atoms with Crippen molar-refractivity contribution in [3.05, 3.63) is 70.1 Å². The van der Waals surface area contributed by atoms with Crippen LogP contribution in [-0.4, -0.2) is 70.5 Å². The van der Waals surface area contributed by atoms with Crippen molar-refractivity contribution in [2.24, 2.45) is 0 Å². The molecule has 2 aliphatic rings. The SMILES string of the molecule is CC1(C)S[C@@H]2[C@H](NC(=O)C(NC(=O)c3cnc4ccc(O)nn4c3=O)c3ccccc3)C(=O)N2[C@H]1C(=O)[O-].[K+]. The topological polar surface area (TPSA) is 186 Å². The first-order valence-electron chi connectivity index (χ1n) is 11.4. The minimum absolute atomic E-state index is 0. The number of carboxylic acids is 1. The van der Waals surface area contributed by atoms with Gasteiger partial charge < -0.3 is 30.5 Å². The fraction of sp³-hybridized carbons (Fsp3) is 0.292. The van der Waals surface area contributed by atoms with Gasteiger partial charge in [-0.15, -0.1) is 16.9 Å². The van der Waals surface area contributed by atoms with E-state index in [1.54, 1.807) is 44.2 Å². The summed E-state index contributed by atoms with van der Waals surface area (Å²) in [6.07, 6.45) is 1.04. The molecule has 39 heavy (non-hydrogen) atoms. The van der Waals surface area contributed by atoms with Crippen LogP contribution in [0.3, 0.4) is 0 Å². The van der Waals surface area contributed by atoms with E-state index in [1.165, 1.54) is 28.8 Å². The number of amides is 3. The second kappa shape index (κ2) is 11.0. The molecule has 13 nitrogen and oxygen atoms in total. The first kappa shape index (κ1) is 29.2. The molecule has 0 saturated carbocycles. The van der Waals surface area contributed by atoms with Crippen LogP contribution in [0.15, 0.2) is 53.5 Å². The quantitative estimate of drug-likeness (QED) is 0.191. The van der Waals surface area contributed by atoms with Crippen LogP contribution in [0, 0.1) is 0 Å². The summed E-state index contributed by atoms with van der Waals surface area (Å²) in [5.41, 5.74) is -0.816. The number of thioether (sulfide) groups is 1. The minimum Gasteiger partial charge on any atom is -0.548 e. The summed E-state index contributed by atoms with van der Waals surface area (Å²) in [5, 5.41) is 29.4. The molecule has 3 N–H and O–H groups in total. The largest absolute Gasteiger partial charge is 1.00 e. The number of nitrogens with one attached hydrogen (secondary N) is 2. The Labute approximate surface area is 267 Å². The standard InChI is InChI=1S/C24H22N6O7S.K/c1-24(2)17(23(36)37)29-21(35)16(22(29)38-24)27-19(33)15(11-6-4-3-5-7-11)26-18(32)12-10-25-13-8-9-14(31)28-30(13)20(12)34;/h3-10,15-17,22H,1-2H3,(H,26,32)(H,27,33)(H,28,31)(H,36,37);/q;+1/p-1/t15?,16-,17+,22-;/m1./s1. The number of carboxylic acid groups (broad SMARTS) is 1. The third kappa shape index (κ3) is 5.21. The summed E-state index contributed by atoms with van der Waals surface area (Å²) in [6, 6.07) is 7.30. The Morgan fingerprint density at radius 3 is 2.49 bits per heavy atom. The van der Waals surface area contributed by atoms with Crippen LogP contribution < -0.4 is 72.7 Å². The van der Waals surface area contributed by atoms with Crippen molar-refractivity contribution >= 4 is 41.1 Å². The first-order valence-corrected chi connectivity index (χ1v) is 12.3. The summed E-state index contributed by atoms with van der Waals surface area (Å²) in [5.74, 6) is -4.07. The Hall–Kier alpha value is -2.82. The van der Waals surface area contributed by atoms with Crippen molar-refractivity contribution < 1.29 is 80.8 Å². The number of fused-ring (bicyclic) bond motifs is 2. The molecule has 3 amide bonds. The van der Waals surface area contributed by atoms with Gasteiger partial charge in [0.05, 0.1) is 12.0 Å². The molecule has 2 saturated heterocycles. The average molecular weight is 577 g/mol. The van der Waals surface area contributed by atoms with Crippen molar-refractivity contribution in [3.63, 3.8) is 0 Å². The van der Waals surface area contributed by atoms with Gasteiger partial charge in [0, 0.05) is 17.0 Å². The van der Waals surface area contributed by atoms with Crippen molar-refractivity contribution in [1.29, 1.82) is 0 Å². The Bertz CT molecular complexity index is 1550. The zero-order valence-electron chi connectivity index (χ0n) is 21.0. The molecule has 1 unspecified atom stereocenters. The van der Waals surface area contributed by atoms with Gasteiger partial charge in [-0.25, -0.2) is 4.98 Å². The van der Waals surface area contributed by atoms with Crippen molar-refractivity contribution in [3.8, 4) is 5.88 Å². The van der Waals surface area contributed by atoms with E-state index in [0.29, 0.717) is 5.56 Å². The number of carbonyl (C=O) groups excluding carboxylic acids is 4. The second-order valence-corrected chi connectivity index (χ2v) is 11.1. The molecular formula is C24H21KN6O7S. The van der Waals surface area contributed by atoms with Gasteiger partial charge in [0.25, 0.3) is 11.5 Å². The fourth-order valence-electron chi connectivity index (χ4n) is 4.63. The number of carbonyl (C=O) groups is 4. The molecule has 0 aliphatic carbocycles. The Morgan fingerprint density at radius 2 is 1.82 bits per heavy atom. The van der Waals surface area contributed by atoms with Gasteiger partial charge in [0.2, 0.25) is 17.7 Å². The van der Waals surface area contributed by atoms with E-state index in [4.69, 9.17) is 0 Å². The van der Waals surface area contributed by atoms with Gasteiger partial charge >= 0.3 is 51.4 Å². The fourth-order valence-corrected chi connectivity index (χ4v) is 6.25. The number of aliphatic carboxylic acids is 1. The molecule has 0 spiro atoms. The van der Waals surface area contributed by atoms with Gasteiger partial charge in [-0.1, -0.05) is 30.3 Å². The average Bonchev–Trinajstić information content (AvgIpc) is 3.14. The number of hydrogen-bond donors (Lipinski definition) is 3. The molecule has 2 aromatic heterocycles. The summed E-state index contributed by atoms with van der Waals surface area (Å²) < 4.78 is -0.0737. The van der Waals surface area contributed by atoms with E-state index in [-0.39, 0.29) is 57.0 Å². The number of nitrogens with zero attached hydrogens (tertiary/aromatic N) is 4. The number of aromatic hydroxyl groups is 1. The van der Waals surface area contributed by atoms with Gasteiger partial charge in [-0.05, 0) is 25.5 Å². The van der Waals surface area contributed by atoms with Crippen molar-refractivity contribution in [2.45, 2.75) is 42.1 Å². The summed E-state index contributed by atoms with van der Waals surface area (Å²) in [4.78, 5) is 69.0. The Morgan fingerprint density at radius 1 is 1.13 bits per heavy atom. The summed E-state index contributed by atoms with van der Waals surface area (Å²) in [6.45, 7) is 3.36. The van der Waals surface area contributed by atoms with E-state index < -0.39 is 68.9 Å². The number of hydrogen-bond acceptors (Lipinski definition) is 10. The molecule has 1 aromatic carbocycles. The maximum Gasteiger partial charge on any atom is 1.00 e. The third-order valence-corrected chi connectivity index (χ3v) is 8.00. The van der Waals surface area contributed by atoms with Gasteiger partial charge in [-0.2, -0.15) is 4.52 Å². The van der Waals surface area contributed by atoms with Crippen LogP contribution in [0.2, 0.25) is 0 Å². The third-order valence-electron chi connectivity index (χ3n) is 6.43. The van der Waals surface area contributed by atoms with Crippen LogP contribution in [0.1, 0.15) is 35.8 Å². The molecule has 0 bridgehead atoms. The van der Waals surface area contributed by atoms with Gasteiger partial charge in [0.1, 0.15) is 23.0 Å². The molecule has 2 fully saturated rings. The zero-order valence-corrected chi connectivity index (χ0v) is 25.0. The van der Waals surface area contributed by atoms with Crippen LogP contribution >= 0.6 is 11.8 Å². The second-order valence-electron chi connectivity index (χ2n) is 9.32. The molecular weight excluding hydrogens is 555 g/mol. The number of benzene rings is 1. The molecule has 15 heteroatoms. The maximum absolute atomic E-state index is 13.4. The van der Waals surface area contributed by atoms with E-state index in [0.717, 1.165) is 10.7 Å². The van der Waals surface area contributed by atoms with E-state index in [9.17, 15) is 34.2 Å². The zero-order chi connectivity index (χ0) is 27.4. The van der Waals surface area contributed by atoms with Crippen LogP contribution in [0.25, 0.3) is 5.65 Å². The van der Waals surface area contributed by atoms with E-state index >= 15 is 0 Å². The van der Waals surface area contributed by atoms with E-state index in [1.807, 2.05) is 0 Å². The predicted molar refractivity (Wildman–Crippen MR) is 131 cm³/mol. The molecule has 3 aromatic rings. The van der Waals surface area contributed by atoms with Crippen LogP contribution in [0.5, 0.6) is 5.88 Å². The maximum atomic E-state index is 13.4. The van der Waals surface area contributed by atoms with Gasteiger partial charge in [-0.3, -0.25) is 19.2 Å². The van der Waals surface area contributed by atoms with Crippen molar-refractivity contribution in [2.75, 3.05) is 0 Å². The predicted octanol–water partition coefficient (Wildman–Crippen LogP) is -4.43. The van der Waals surface area contributed by atoms with Gasteiger partial charge in [0.15, 0.2) is 5.65 Å². The molecule has 4 atom stereocenters. The van der Waals surface area contributed by atoms with Crippen LogP contribution in [-0.2, 0) is 14.4 Å². The Balaban J connectivity index is 0.00000353. The minimum atomic E-state index is -1.38. The normalized spacial score (nSPS) is 21.7. The molecule has 4 heterocycles. The molecule has 5 rings (SSSR count). The number of aromatic nitrogens is 3. The smallest absolute Gasteiger partial charge is 0.548 e. The van der Waals surface area contributed by atoms with Crippen molar-refractivity contribution in [1.82, 2.24) is 30.1 Å². The molecule has 0 radical (unpaired) electrons. The van der Waals surface area contributed by atoms with Crippen LogP contribution in [0.4, 0.5) is 0 Å². The number of rotatable bonds is 6. The summed E-state index contributed by atoms with van der Waals surface area (Å²) >= 11 is 1.23. The number of β-lactam (4-membered cyclic amide) rings is 1. The Kier molecular flexibility index (Phi) is 8.21. The monoisotopic (exact) mass is 576 g/mol. The summed E-state index contributed by atoms with van der Waals surface area (Å²) in [7, 11) is 0. The van der Waals surface area contributed by atoms with E-state index in [2.05, 4.69) is 20.7 Å². The first-order chi connectivity index (χ1) is 18.0. The molecule has 2 aliphatic heterocycles.